The molecular weight excluding hydrogens is 392 g/mol. The van der Waals surface area contributed by atoms with Gasteiger partial charge in [-0.2, -0.15) is 0 Å². The van der Waals surface area contributed by atoms with E-state index >= 15 is 0 Å². The minimum atomic E-state index is -0.222. The highest BCUT2D eigenvalue weighted by Crippen LogP contribution is 2.37. The summed E-state index contributed by atoms with van der Waals surface area (Å²) in [4.78, 5) is 23.9. The lowest BCUT2D eigenvalue weighted by atomic mass is 10.1. The van der Waals surface area contributed by atoms with Crippen LogP contribution in [0.25, 0.3) is 17.0 Å². The van der Waals surface area contributed by atoms with Gasteiger partial charge in [-0.3, -0.25) is 9.20 Å². The average Bonchev–Trinajstić information content (AvgIpc) is 3.37. The highest BCUT2D eigenvalue weighted by molar-refractivity contribution is 6.30. The first kappa shape index (κ1) is 17.5. The maximum Gasteiger partial charge on any atom is 0.277 e. The Morgan fingerprint density at radius 1 is 1.14 bits per heavy atom. The first-order chi connectivity index (χ1) is 14.1. The monoisotopic (exact) mass is 406 g/mol. The van der Waals surface area contributed by atoms with E-state index < -0.39 is 0 Å². The standard InChI is InChI=1S/C21H15ClN4O3/c1-25(15-6-4-14(22)5-7-15)20(27)19-18(24-21-23-9-2-10-26(19)21)13-3-8-16-17(11-13)29-12-28-16/h2-11H,12H2,1H3. The van der Waals surface area contributed by atoms with E-state index in [-0.39, 0.29) is 12.7 Å². The van der Waals surface area contributed by atoms with E-state index in [0.29, 0.717) is 33.7 Å². The molecule has 3 heterocycles. The molecule has 1 aliphatic heterocycles. The summed E-state index contributed by atoms with van der Waals surface area (Å²) in [5.74, 6) is 1.51. The van der Waals surface area contributed by atoms with Crippen molar-refractivity contribution in [2.45, 2.75) is 0 Å². The van der Waals surface area contributed by atoms with Crippen molar-refractivity contribution in [1.29, 1.82) is 0 Å². The fraction of sp³-hybridized carbons (Fsp3) is 0.0952. The summed E-state index contributed by atoms with van der Waals surface area (Å²) < 4.78 is 12.6. The number of imidazole rings is 1. The fourth-order valence-corrected chi connectivity index (χ4v) is 3.40. The summed E-state index contributed by atoms with van der Waals surface area (Å²) in [7, 11) is 1.71. The molecule has 2 aromatic heterocycles. The van der Waals surface area contributed by atoms with Crippen molar-refractivity contribution in [3.8, 4) is 22.8 Å². The van der Waals surface area contributed by atoms with E-state index in [1.54, 1.807) is 59.1 Å². The lowest BCUT2D eigenvalue weighted by Crippen LogP contribution is -2.28. The molecule has 0 fully saturated rings. The molecule has 1 amide bonds. The van der Waals surface area contributed by atoms with Crippen molar-refractivity contribution in [2.75, 3.05) is 18.7 Å². The van der Waals surface area contributed by atoms with E-state index in [9.17, 15) is 4.79 Å². The normalized spacial score (nSPS) is 12.3. The summed E-state index contributed by atoms with van der Waals surface area (Å²) in [6.07, 6.45) is 3.41. The molecule has 4 aromatic rings. The Balaban J connectivity index is 1.65. The molecule has 1 aliphatic rings. The van der Waals surface area contributed by atoms with E-state index in [4.69, 9.17) is 21.1 Å². The number of rotatable bonds is 3. The zero-order valence-corrected chi connectivity index (χ0v) is 16.1. The predicted molar refractivity (Wildman–Crippen MR) is 109 cm³/mol. The lowest BCUT2D eigenvalue weighted by Gasteiger charge is -2.18. The Labute approximate surface area is 171 Å². The van der Waals surface area contributed by atoms with Crippen LogP contribution in [0, 0.1) is 0 Å². The minimum absolute atomic E-state index is 0.177. The number of amides is 1. The second-order valence-corrected chi connectivity index (χ2v) is 6.94. The number of halogens is 1. The maximum absolute atomic E-state index is 13.5. The number of carbonyl (C=O) groups is 1. The van der Waals surface area contributed by atoms with Crippen molar-refractivity contribution in [2.24, 2.45) is 0 Å². The number of ether oxygens (including phenoxy) is 2. The number of anilines is 1. The van der Waals surface area contributed by atoms with Gasteiger partial charge in [0.1, 0.15) is 11.4 Å². The van der Waals surface area contributed by atoms with Crippen LogP contribution in [0.3, 0.4) is 0 Å². The van der Waals surface area contributed by atoms with Gasteiger partial charge in [0.25, 0.3) is 5.91 Å². The van der Waals surface area contributed by atoms with Gasteiger partial charge in [0.15, 0.2) is 11.5 Å². The quantitative estimate of drug-likeness (QED) is 0.513. The predicted octanol–water partition coefficient (Wildman–Crippen LogP) is 4.06. The third-order valence-electron chi connectivity index (χ3n) is 4.77. The number of hydrogen-bond acceptors (Lipinski definition) is 5. The Morgan fingerprint density at radius 3 is 2.76 bits per heavy atom. The average molecular weight is 407 g/mol. The van der Waals surface area contributed by atoms with Crippen LogP contribution in [0.1, 0.15) is 10.5 Å². The summed E-state index contributed by atoms with van der Waals surface area (Å²) >= 11 is 5.98. The number of hydrogen-bond donors (Lipinski definition) is 0. The minimum Gasteiger partial charge on any atom is -0.454 e. The van der Waals surface area contributed by atoms with Crippen LogP contribution < -0.4 is 14.4 Å². The second kappa shape index (κ2) is 6.79. The molecule has 0 saturated carbocycles. The number of carbonyl (C=O) groups excluding carboxylic acids is 1. The third kappa shape index (κ3) is 2.96. The molecule has 0 aliphatic carbocycles. The first-order valence-electron chi connectivity index (χ1n) is 8.88. The largest absolute Gasteiger partial charge is 0.454 e. The van der Waals surface area contributed by atoms with Crippen LogP contribution in [0.15, 0.2) is 60.9 Å². The first-order valence-corrected chi connectivity index (χ1v) is 9.26. The SMILES string of the molecule is CN(C(=O)c1c(-c2ccc3c(c2)OCO3)nc2ncccn12)c1ccc(Cl)cc1. The van der Waals surface area contributed by atoms with Gasteiger partial charge in [-0.1, -0.05) is 11.6 Å². The van der Waals surface area contributed by atoms with Crippen LogP contribution in [0.2, 0.25) is 5.02 Å². The van der Waals surface area contributed by atoms with Gasteiger partial charge in [-0.25, -0.2) is 9.97 Å². The van der Waals surface area contributed by atoms with Gasteiger partial charge in [0.05, 0.1) is 0 Å². The Morgan fingerprint density at radius 2 is 1.93 bits per heavy atom. The summed E-state index contributed by atoms with van der Waals surface area (Å²) in [5, 5.41) is 0.606. The topological polar surface area (TPSA) is 69.0 Å². The van der Waals surface area contributed by atoms with Gasteiger partial charge in [-0.05, 0) is 48.5 Å². The van der Waals surface area contributed by atoms with Crippen molar-refractivity contribution in [3.63, 3.8) is 0 Å². The van der Waals surface area contributed by atoms with Gasteiger partial charge < -0.3 is 14.4 Å². The fourth-order valence-electron chi connectivity index (χ4n) is 3.28. The number of fused-ring (bicyclic) bond motifs is 2. The second-order valence-electron chi connectivity index (χ2n) is 6.51. The molecule has 7 nitrogen and oxygen atoms in total. The third-order valence-corrected chi connectivity index (χ3v) is 5.02. The van der Waals surface area contributed by atoms with Crippen molar-refractivity contribution >= 4 is 29.0 Å². The van der Waals surface area contributed by atoms with Gasteiger partial charge >= 0.3 is 0 Å². The van der Waals surface area contributed by atoms with Crippen molar-refractivity contribution in [3.05, 3.63) is 71.6 Å². The molecule has 0 atom stereocenters. The van der Waals surface area contributed by atoms with Gasteiger partial charge in [0.2, 0.25) is 12.6 Å². The van der Waals surface area contributed by atoms with Crippen LogP contribution in [0.5, 0.6) is 11.5 Å². The molecule has 29 heavy (non-hydrogen) atoms. The van der Waals surface area contributed by atoms with Crippen molar-refractivity contribution in [1.82, 2.24) is 14.4 Å². The van der Waals surface area contributed by atoms with E-state index in [1.807, 2.05) is 18.2 Å². The van der Waals surface area contributed by atoms with Crippen LogP contribution >= 0.6 is 11.6 Å². The van der Waals surface area contributed by atoms with Gasteiger partial charge in [0, 0.05) is 35.7 Å². The lowest BCUT2D eigenvalue weighted by molar-refractivity contribution is 0.0988. The Bertz CT molecular complexity index is 1240. The molecule has 8 heteroatoms. The summed E-state index contributed by atoms with van der Waals surface area (Å²) in [6, 6.07) is 14.3. The molecule has 0 N–H and O–H groups in total. The van der Waals surface area contributed by atoms with Crippen LogP contribution in [0.4, 0.5) is 5.69 Å². The molecule has 0 bridgehead atoms. The number of benzene rings is 2. The van der Waals surface area contributed by atoms with Gasteiger partial charge in [-0.15, -0.1) is 0 Å². The Kier molecular flexibility index (Phi) is 4.10. The highest BCUT2D eigenvalue weighted by atomic mass is 35.5. The maximum atomic E-state index is 13.5. The van der Waals surface area contributed by atoms with Crippen LogP contribution in [-0.4, -0.2) is 34.1 Å². The van der Waals surface area contributed by atoms with E-state index in [0.717, 1.165) is 11.3 Å². The van der Waals surface area contributed by atoms with E-state index in [1.165, 1.54) is 0 Å². The molecule has 0 radical (unpaired) electrons. The molecule has 2 aromatic carbocycles. The molecule has 0 spiro atoms. The Hall–Kier alpha value is -3.58. The number of aromatic nitrogens is 3. The summed E-state index contributed by atoms with van der Waals surface area (Å²) in [5.41, 5.74) is 2.39. The molecule has 0 unspecified atom stereocenters. The molecule has 0 saturated heterocycles. The zero-order chi connectivity index (χ0) is 20.0. The smallest absolute Gasteiger partial charge is 0.277 e. The molecule has 144 valence electrons. The molecule has 5 rings (SSSR count). The van der Waals surface area contributed by atoms with Crippen LogP contribution in [-0.2, 0) is 0 Å². The summed E-state index contributed by atoms with van der Waals surface area (Å²) in [6.45, 7) is 0.177. The number of nitrogens with zero attached hydrogens (tertiary/aromatic N) is 4. The molecular formula is C21H15ClN4O3. The highest BCUT2D eigenvalue weighted by Gasteiger charge is 2.26. The van der Waals surface area contributed by atoms with Crippen molar-refractivity contribution < 1.29 is 14.3 Å². The van der Waals surface area contributed by atoms with E-state index in [2.05, 4.69) is 9.97 Å². The zero-order valence-electron chi connectivity index (χ0n) is 15.4.